The van der Waals surface area contributed by atoms with Crippen molar-refractivity contribution < 1.29 is 14.3 Å². The number of nitrogens with zero attached hydrogens (tertiary/aromatic N) is 3. The zero-order valence-electron chi connectivity index (χ0n) is 19.0. The van der Waals surface area contributed by atoms with E-state index in [1.165, 1.54) is 11.8 Å². The van der Waals surface area contributed by atoms with Gasteiger partial charge in [0.05, 0.1) is 18.4 Å². The van der Waals surface area contributed by atoms with Gasteiger partial charge in [0.2, 0.25) is 5.91 Å². The van der Waals surface area contributed by atoms with Crippen molar-refractivity contribution in [2.75, 3.05) is 18.9 Å². The number of fused-ring (bicyclic) bond motifs is 1. The summed E-state index contributed by atoms with van der Waals surface area (Å²) in [5, 5.41) is 15.6. The molecule has 3 heterocycles. The van der Waals surface area contributed by atoms with E-state index in [1.54, 1.807) is 0 Å². The minimum atomic E-state index is -0.471. The van der Waals surface area contributed by atoms with Crippen LogP contribution in [-0.2, 0) is 16.1 Å². The van der Waals surface area contributed by atoms with Gasteiger partial charge in [-0.15, -0.1) is 10.2 Å². The number of hydrogen-bond acceptors (Lipinski definition) is 6. The van der Waals surface area contributed by atoms with Gasteiger partial charge < -0.3 is 15.0 Å². The van der Waals surface area contributed by atoms with Gasteiger partial charge in [0.1, 0.15) is 0 Å². The van der Waals surface area contributed by atoms with Gasteiger partial charge in [0.25, 0.3) is 0 Å². The molecule has 1 aliphatic heterocycles. The quantitative estimate of drug-likeness (QED) is 0.412. The van der Waals surface area contributed by atoms with E-state index in [2.05, 4.69) is 39.7 Å². The molecule has 9 nitrogen and oxygen atoms in total. The lowest BCUT2D eigenvalue weighted by Gasteiger charge is -2.14. The maximum atomic E-state index is 12.3. The summed E-state index contributed by atoms with van der Waals surface area (Å²) in [6, 6.07) is 7.57. The summed E-state index contributed by atoms with van der Waals surface area (Å²) in [7, 11) is 0. The van der Waals surface area contributed by atoms with Crippen LogP contribution in [0.5, 0.6) is 0 Å². The van der Waals surface area contributed by atoms with Crippen LogP contribution >= 0.6 is 11.8 Å². The summed E-state index contributed by atoms with van der Waals surface area (Å²) in [5.41, 5.74) is 1.98. The predicted octanol–water partition coefficient (Wildman–Crippen LogP) is 3.57. The monoisotopic (exact) mass is 470 g/mol. The van der Waals surface area contributed by atoms with Crippen molar-refractivity contribution in [3.63, 3.8) is 0 Å². The molecule has 176 valence electrons. The molecule has 1 aliphatic rings. The van der Waals surface area contributed by atoms with Crippen LogP contribution in [0.3, 0.4) is 0 Å². The Morgan fingerprint density at radius 1 is 1.30 bits per heavy atom. The highest BCUT2D eigenvalue weighted by atomic mass is 32.2. The highest BCUT2D eigenvalue weighted by Gasteiger charge is 2.23. The third kappa shape index (κ3) is 5.94. The van der Waals surface area contributed by atoms with Crippen LogP contribution in [0.1, 0.15) is 33.1 Å². The Labute approximate surface area is 197 Å². The Hall–Kier alpha value is -2.85. The highest BCUT2D eigenvalue weighted by Crippen LogP contribution is 2.31. The number of para-hydroxylation sites is 1. The first kappa shape index (κ1) is 23.3. The molecule has 3 aromatic rings. The first-order valence-corrected chi connectivity index (χ1v) is 12.3. The zero-order valence-corrected chi connectivity index (χ0v) is 19.8. The minimum Gasteiger partial charge on any atom is -0.376 e. The van der Waals surface area contributed by atoms with E-state index in [-0.39, 0.29) is 17.8 Å². The molecule has 1 saturated heterocycles. The van der Waals surface area contributed by atoms with E-state index >= 15 is 0 Å². The average Bonchev–Trinajstić information content (AvgIpc) is 3.52. The lowest BCUT2D eigenvalue weighted by atomic mass is 10.1. The first-order valence-electron chi connectivity index (χ1n) is 11.3. The number of amides is 3. The zero-order chi connectivity index (χ0) is 23.2. The first-order chi connectivity index (χ1) is 16.0. The molecule has 3 N–H and O–H groups in total. The number of nitrogens with one attached hydrogen (secondary N) is 3. The largest absolute Gasteiger partial charge is 0.376 e. The lowest BCUT2D eigenvalue weighted by Crippen LogP contribution is -2.40. The number of thioether (sulfide) groups is 1. The smallest absolute Gasteiger partial charge is 0.321 e. The topological polar surface area (TPSA) is 114 Å². The number of H-pyrrole nitrogens is 1. The Bertz CT molecular complexity index is 1100. The van der Waals surface area contributed by atoms with Gasteiger partial charge in [-0.05, 0) is 31.2 Å². The van der Waals surface area contributed by atoms with Crippen LogP contribution in [0.25, 0.3) is 22.3 Å². The fourth-order valence-corrected chi connectivity index (χ4v) is 4.57. The molecular weight excluding hydrogens is 440 g/mol. The fourth-order valence-electron chi connectivity index (χ4n) is 3.82. The second-order valence-corrected chi connectivity index (χ2v) is 9.52. The maximum Gasteiger partial charge on any atom is 0.321 e. The number of carbonyl (C=O) groups excluding carboxylic acids is 2. The van der Waals surface area contributed by atoms with Crippen molar-refractivity contribution >= 4 is 34.6 Å². The molecule has 1 fully saturated rings. The number of aromatic amines is 1. The number of ether oxygens (including phenoxy) is 1. The van der Waals surface area contributed by atoms with Gasteiger partial charge in [-0.3, -0.25) is 14.7 Å². The fraction of sp³-hybridized carbons (Fsp3) is 0.478. The molecule has 33 heavy (non-hydrogen) atoms. The minimum absolute atomic E-state index is 0.0646. The van der Waals surface area contributed by atoms with Gasteiger partial charge in [0.15, 0.2) is 11.0 Å². The Morgan fingerprint density at radius 3 is 2.94 bits per heavy atom. The second-order valence-electron chi connectivity index (χ2n) is 8.58. The molecule has 1 atom stereocenters. The summed E-state index contributed by atoms with van der Waals surface area (Å²) in [6.07, 6.45) is 4.89. The van der Waals surface area contributed by atoms with E-state index in [0.717, 1.165) is 48.2 Å². The molecule has 3 amide bonds. The predicted molar refractivity (Wildman–Crippen MR) is 128 cm³/mol. The van der Waals surface area contributed by atoms with Crippen molar-refractivity contribution in [2.45, 2.75) is 50.9 Å². The Morgan fingerprint density at radius 2 is 2.15 bits per heavy atom. The third-order valence-corrected chi connectivity index (χ3v) is 6.52. The molecular formula is C23H30N6O3S. The summed E-state index contributed by atoms with van der Waals surface area (Å²) >= 11 is 1.26. The van der Waals surface area contributed by atoms with Crippen LogP contribution in [0.15, 0.2) is 35.6 Å². The van der Waals surface area contributed by atoms with E-state index in [0.29, 0.717) is 24.2 Å². The van der Waals surface area contributed by atoms with Crippen molar-refractivity contribution in [1.29, 1.82) is 0 Å². The van der Waals surface area contributed by atoms with Crippen LogP contribution < -0.4 is 10.6 Å². The lowest BCUT2D eigenvalue weighted by molar-refractivity contribution is -0.117. The normalized spacial score (nSPS) is 15.9. The number of rotatable bonds is 9. The van der Waals surface area contributed by atoms with E-state index in [4.69, 9.17) is 4.74 Å². The standard InChI is InChI=1S/C23H30N6O3S/c1-15(2)9-10-24-22(31)26-20(30)14-33-23-28-27-21(29(23)13-16-6-5-11-32-16)18-12-25-19-8-4-3-7-17(18)19/h3-4,7-8,12,15-16,25H,5-6,9-11,13-14H2,1-2H3,(H2,24,26,30,31). The van der Waals surface area contributed by atoms with E-state index in [9.17, 15) is 9.59 Å². The molecule has 4 rings (SSSR count). The maximum absolute atomic E-state index is 12.3. The third-order valence-electron chi connectivity index (χ3n) is 5.55. The van der Waals surface area contributed by atoms with Gasteiger partial charge in [-0.1, -0.05) is 43.8 Å². The van der Waals surface area contributed by atoms with Gasteiger partial charge in [0, 0.05) is 35.8 Å². The number of benzene rings is 1. The van der Waals surface area contributed by atoms with Crippen molar-refractivity contribution in [3.05, 3.63) is 30.5 Å². The summed E-state index contributed by atoms with van der Waals surface area (Å²) in [4.78, 5) is 27.5. The highest BCUT2D eigenvalue weighted by molar-refractivity contribution is 7.99. The summed E-state index contributed by atoms with van der Waals surface area (Å²) < 4.78 is 7.87. The molecule has 0 spiro atoms. The van der Waals surface area contributed by atoms with Crippen LogP contribution in [0, 0.1) is 5.92 Å². The SMILES string of the molecule is CC(C)CCNC(=O)NC(=O)CSc1nnc(-c2c[nH]c3ccccc23)n1CC1CCCO1. The Kier molecular flexibility index (Phi) is 7.66. The van der Waals surface area contributed by atoms with Gasteiger partial charge >= 0.3 is 6.03 Å². The van der Waals surface area contributed by atoms with E-state index in [1.807, 2.05) is 35.0 Å². The summed E-state index contributed by atoms with van der Waals surface area (Å²) in [6.45, 7) is 6.07. The number of imide groups is 1. The van der Waals surface area contributed by atoms with Crippen LogP contribution in [0.4, 0.5) is 4.79 Å². The summed E-state index contributed by atoms with van der Waals surface area (Å²) in [5.74, 6) is 0.910. The average molecular weight is 471 g/mol. The van der Waals surface area contributed by atoms with E-state index < -0.39 is 6.03 Å². The number of carbonyl (C=O) groups is 2. The van der Waals surface area contributed by atoms with Gasteiger partial charge in [-0.25, -0.2) is 4.79 Å². The number of aromatic nitrogens is 4. The van der Waals surface area contributed by atoms with Crippen LogP contribution in [-0.4, -0.2) is 56.7 Å². The molecule has 2 aromatic heterocycles. The molecule has 0 saturated carbocycles. The van der Waals surface area contributed by atoms with Crippen molar-refractivity contribution in [2.24, 2.45) is 5.92 Å². The number of urea groups is 1. The molecule has 10 heteroatoms. The van der Waals surface area contributed by atoms with Crippen molar-refractivity contribution in [1.82, 2.24) is 30.4 Å². The van der Waals surface area contributed by atoms with Crippen molar-refractivity contribution in [3.8, 4) is 11.4 Å². The van der Waals surface area contributed by atoms with Crippen LogP contribution in [0.2, 0.25) is 0 Å². The molecule has 1 unspecified atom stereocenters. The molecule has 0 bridgehead atoms. The molecule has 1 aromatic carbocycles. The van der Waals surface area contributed by atoms with Gasteiger partial charge in [-0.2, -0.15) is 0 Å². The number of hydrogen-bond donors (Lipinski definition) is 3. The molecule has 0 radical (unpaired) electrons. The Balaban J connectivity index is 1.46. The second kappa shape index (κ2) is 10.8. The molecule has 0 aliphatic carbocycles.